The SMILES string of the molecule is CC(C)(C)C#CCNC(=O)Cc1ccc(Cl)c(Cl)c1.CC(C)(C)C#CCNC(=O)c1c[nH]c2ccccc12.CC(C)(C)C#CCNCCS(C)(=O)=O.CC(C)(C)C#CCNCc1ccccc1.CC(C)NCC#CC(C)(C)C.CCCN(CC#CC(C)(C)C)CCC.CCN(CC)CC#CC(C)(C)C.CN(CC#CC(C)(C)C)CCS(C)(=O)=O.Cc1ccc(CC(=O)NCC#CC(C)(C)C)cc1. The molecule has 0 bridgehead atoms. The fourth-order valence-electron chi connectivity index (χ4n) is 10.0. The smallest absolute Gasteiger partial charge is 0.254 e. The number of hydrogen-bond donors (Lipinski definition) is 7. The Hall–Kier alpha value is -8.89. The van der Waals surface area contributed by atoms with Crippen LogP contribution in [0.25, 0.3) is 10.9 Å². The maximum Gasteiger partial charge on any atom is 0.254 e. The standard InChI is InChI=1S/C16H18N2O.C16H21NO.C15H17Cl2NO.C14H19N.C13H25N.C11H21NO2S.C11H21N.C10H19NO2S.C10H19N/c1-16(2,3)9-6-10-17-15(19)13-11-18-14-8-5-4-7-12(13)14;1-13-6-8-14(9-7-13)12-15(18)17-11-5-10-16(2,3)4;1-15(2,3)7-4-8-18-14(19)10-11-5-6-12(16)13(17)9-11;1-14(2,3)10-7-11-15-12-13-8-5-4-6-9-13;1-6-10-14(11-7-2)12-8-9-13(3,4)5;1-11(2,3)7-6-8-12(4)9-10-15(5,13)14;1-6-12(7-2)10-8-9-11(3,4)5;1-10(2,3)6-5-7-11-8-9-14(4,12)13;1-9(2)11-8-6-7-10(3,4)5/h4-5,7-8,11,18H,10H2,1-3H3,(H,17,19);6-9H,11-12H2,1-4H3,(H,17,18);5-6,9H,8,10H2,1-3H3,(H,18,19);4-6,8-9,15H,11-12H2,1-3H3;6-7,10-12H2,1-5H3;8-10H2,1-5H3;6-7,10H2,1-5H3;11H,7-9H2,1-4H3;9,11H,8H2,1-5H3. The van der Waals surface area contributed by atoms with Gasteiger partial charge in [0.25, 0.3) is 5.91 Å². The highest BCUT2D eigenvalue weighted by atomic mass is 35.5. The zero-order valence-corrected chi connectivity index (χ0v) is 94.9. The van der Waals surface area contributed by atoms with Crippen molar-refractivity contribution in [2.75, 3.05) is 129 Å². The Morgan fingerprint density at radius 2 is 0.766 bits per heavy atom. The molecule has 137 heavy (non-hydrogen) atoms. The van der Waals surface area contributed by atoms with Gasteiger partial charge in [0, 0.05) is 104 Å². The van der Waals surface area contributed by atoms with Gasteiger partial charge in [-0.15, -0.1) is 0 Å². The summed E-state index contributed by atoms with van der Waals surface area (Å²) in [6, 6.07) is 31.8. The molecular formula is C116H180Cl2N10O7S2. The maximum absolute atomic E-state index is 12.0. The van der Waals surface area contributed by atoms with Crippen LogP contribution in [0.1, 0.15) is 274 Å². The second kappa shape index (κ2) is 70.7. The van der Waals surface area contributed by atoms with Crippen molar-refractivity contribution in [1.29, 1.82) is 0 Å². The first kappa shape index (κ1) is 134. The number of aromatic nitrogens is 1. The summed E-state index contributed by atoms with van der Waals surface area (Å²) in [5.74, 6) is 56.0. The predicted octanol–water partition coefficient (Wildman–Crippen LogP) is 21.4. The van der Waals surface area contributed by atoms with Gasteiger partial charge < -0.3 is 36.9 Å². The van der Waals surface area contributed by atoms with Crippen LogP contribution in [0.2, 0.25) is 10.0 Å². The van der Waals surface area contributed by atoms with Crippen LogP contribution >= 0.6 is 23.2 Å². The molecule has 3 amide bonds. The molecule has 7 N–H and O–H groups in total. The first-order valence-electron chi connectivity index (χ1n) is 48.0. The number of sulfone groups is 2. The number of hydrogen-bond acceptors (Lipinski definition) is 13. The average Bonchev–Trinajstić information content (AvgIpc) is 1.67. The van der Waals surface area contributed by atoms with Gasteiger partial charge in [0.1, 0.15) is 19.7 Å². The van der Waals surface area contributed by atoms with Gasteiger partial charge >= 0.3 is 0 Å². The molecule has 0 unspecified atom stereocenters. The Morgan fingerprint density at radius 1 is 0.401 bits per heavy atom. The van der Waals surface area contributed by atoms with Crippen LogP contribution in [-0.2, 0) is 48.6 Å². The molecule has 0 aliphatic heterocycles. The van der Waals surface area contributed by atoms with E-state index in [4.69, 9.17) is 23.2 Å². The van der Waals surface area contributed by atoms with Crippen molar-refractivity contribution in [2.45, 2.75) is 274 Å². The molecule has 4 aromatic carbocycles. The van der Waals surface area contributed by atoms with Crippen LogP contribution in [0.5, 0.6) is 0 Å². The van der Waals surface area contributed by atoms with Gasteiger partial charge in [0.05, 0.1) is 98.9 Å². The average molecular weight is 1960 g/mol. The molecule has 1 heterocycles. The summed E-state index contributed by atoms with van der Waals surface area (Å²) in [5.41, 5.74) is 6.45. The molecule has 0 atom stereocenters. The van der Waals surface area contributed by atoms with Crippen molar-refractivity contribution in [3.63, 3.8) is 0 Å². The van der Waals surface area contributed by atoms with Crippen molar-refractivity contribution in [2.24, 2.45) is 48.7 Å². The highest BCUT2D eigenvalue weighted by Crippen LogP contribution is 2.24. The number of nitrogens with one attached hydrogen (secondary N) is 7. The molecule has 17 nitrogen and oxygen atoms in total. The Balaban J connectivity index is -0.000000730. The number of halogens is 2. The van der Waals surface area contributed by atoms with Gasteiger partial charge in [-0.1, -0.05) is 242 Å². The Labute approximate surface area is 847 Å². The number of aromatic amines is 1. The minimum absolute atomic E-state index is 0.0116. The van der Waals surface area contributed by atoms with E-state index in [0.29, 0.717) is 73.9 Å². The second-order valence-electron chi connectivity index (χ2n) is 43.1. The summed E-state index contributed by atoms with van der Waals surface area (Å²) in [6.45, 7) is 83.4. The van der Waals surface area contributed by atoms with E-state index < -0.39 is 19.7 Å². The summed E-state index contributed by atoms with van der Waals surface area (Å²) in [4.78, 5) is 45.1. The topological polar surface area (TPSA) is 217 Å². The van der Waals surface area contributed by atoms with E-state index in [-0.39, 0.29) is 84.4 Å². The van der Waals surface area contributed by atoms with Crippen LogP contribution in [0.4, 0.5) is 0 Å². The molecule has 5 aromatic rings. The number of para-hydroxylation sites is 1. The number of carbonyl (C=O) groups is 3. The summed E-state index contributed by atoms with van der Waals surface area (Å²) < 4.78 is 43.3. The van der Waals surface area contributed by atoms with Crippen molar-refractivity contribution in [3.8, 4) is 107 Å². The van der Waals surface area contributed by atoms with E-state index in [0.717, 1.165) is 67.8 Å². The molecule has 0 fully saturated rings. The molecule has 0 spiro atoms. The minimum Gasteiger partial charge on any atom is -0.360 e. The molecule has 0 aliphatic rings. The van der Waals surface area contributed by atoms with Crippen LogP contribution in [0.3, 0.4) is 0 Å². The number of amides is 3. The molecule has 0 aliphatic carbocycles. The Morgan fingerprint density at radius 3 is 1.17 bits per heavy atom. The molecule has 5 rings (SSSR count). The number of H-pyrrole nitrogens is 1. The predicted molar refractivity (Wildman–Crippen MR) is 593 cm³/mol. The first-order valence-corrected chi connectivity index (χ1v) is 52.8. The van der Waals surface area contributed by atoms with E-state index in [1.54, 1.807) is 24.4 Å². The zero-order valence-electron chi connectivity index (χ0n) is 91.7. The van der Waals surface area contributed by atoms with Crippen molar-refractivity contribution in [1.82, 2.24) is 51.6 Å². The van der Waals surface area contributed by atoms with E-state index in [1.165, 1.54) is 49.6 Å². The lowest BCUT2D eigenvalue weighted by atomic mass is 9.98. The van der Waals surface area contributed by atoms with Crippen LogP contribution < -0.4 is 31.9 Å². The number of nitrogens with zero attached hydrogens (tertiary/aromatic N) is 3. The Kier molecular flexibility index (Phi) is 69.3. The van der Waals surface area contributed by atoms with E-state index in [2.05, 4.69) is 323 Å². The van der Waals surface area contributed by atoms with E-state index in [1.807, 2.05) is 157 Å². The quantitative estimate of drug-likeness (QED) is 0.0175. The molecule has 762 valence electrons. The fraction of sp³-hybridized carbons (Fsp3) is 0.595. The molecular weight excluding hydrogens is 1780 g/mol. The number of rotatable bonds is 29. The van der Waals surface area contributed by atoms with Gasteiger partial charge in [-0.05, 0) is 289 Å². The summed E-state index contributed by atoms with van der Waals surface area (Å²) in [6.07, 6.45) is 7.34. The van der Waals surface area contributed by atoms with Gasteiger partial charge in [0.2, 0.25) is 11.8 Å². The molecule has 0 saturated carbocycles. The Bertz CT molecular complexity index is 5130. The highest BCUT2D eigenvalue weighted by Gasteiger charge is 2.15. The molecule has 21 heteroatoms. The lowest BCUT2D eigenvalue weighted by Gasteiger charge is -2.17. The third-order valence-corrected chi connectivity index (χ3v) is 19.2. The summed E-state index contributed by atoms with van der Waals surface area (Å²) in [7, 11) is -3.84. The number of carbonyl (C=O) groups excluding carboxylic acids is 3. The lowest BCUT2D eigenvalue weighted by molar-refractivity contribution is -0.121. The maximum atomic E-state index is 12.0. The normalized spacial score (nSPS) is 11.1. The monoisotopic (exact) mass is 1960 g/mol. The molecule has 0 saturated heterocycles. The summed E-state index contributed by atoms with van der Waals surface area (Å²) >= 11 is 11.7. The van der Waals surface area contributed by atoms with Gasteiger partial charge in [-0.2, -0.15) is 0 Å². The third kappa shape index (κ3) is 97.1. The number of fused-ring (bicyclic) bond motifs is 1. The fourth-order valence-corrected chi connectivity index (χ4v) is 11.5. The second-order valence-corrected chi connectivity index (χ2v) is 48.4. The van der Waals surface area contributed by atoms with Gasteiger partial charge in [-0.25, -0.2) is 16.8 Å². The first-order chi connectivity index (χ1) is 62.9. The third-order valence-electron chi connectivity index (χ3n) is 16.5. The van der Waals surface area contributed by atoms with Crippen LogP contribution in [0.15, 0.2) is 103 Å². The van der Waals surface area contributed by atoms with Crippen molar-refractivity contribution >= 4 is 71.5 Å². The zero-order chi connectivity index (χ0) is 106. The van der Waals surface area contributed by atoms with Crippen LogP contribution in [-0.4, -0.2) is 190 Å². The highest BCUT2D eigenvalue weighted by molar-refractivity contribution is 7.90. The summed E-state index contributed by atoms with van der Waals surface area (Å²) in [5, 5.41) is 19.8. The molecule has 1 aromatic heterocycles. The largest absolute Gasteiger partial charge is 0.360 e. The van der Waals surface area contributed by atoms with Gasteiger partial charge in [0.15, 0.2) is 0 Å². The van der Waals surface area contributed by atoms with Crippen molar-refractivity contribution < 1.29 is 31.2 Å². The molecule has 0 radical (unpaired) electrons. The van der Waals surface area contributed by atoms with E-state index in [9.17, 15) is 31.2 Å². The van der Waals surface area contributed by atoms with Gasteiger partial charge in [-0.3, -0.25) is 29.1 Å². The number of aryl methyl sites for hydroxylation is 1. The minimum atomic E-state index is -2.86. The van der Waals surface area contributed by atoms with E-state index >= 15 is 0 Å². The van der Waals surface area contributed by atoms with Crippen molar-refractivity contribution in [3.05, 3.63) is 141 Å². The number of benzene rings is 4. The van der Waals surface area contributed by atoms with Crippen LogP contribution in [0, 0.1) is 162 Å². The lowest BCUT2D eigenvalue weighted by Crippen LogP contribution is -2.25.